The number of nitrogens with zero attached hydrogens (tertiary/aromatic N) is 2. The van der Waals surface area contributed by atoms with Crippen molar-refractivity contribution in [2.75, 3.05) is 11.9 Å². The Morgan fingerprint density at radius 3 is 2.43 bits per heavy atom. The van der Waals surface area contributed by atoms with Gasteiger partial charge in [0.05, 0.1) is 17.3 Å². The summed E-state index contributed by atoms with van der Waals surface area (Å²) in [5.41, 5.74) is 5.48. The summed E-state index contributed by atoms with van der Waals surface area (Å²) in [4.78, 5) is 10.1. The van der Waals surface area contributed by atoms with Crippen molar-refractivity contribution in [3.8, 4) is 0 Å². The zero-order valence-corrected chi connectivity index (χ0v) is 14.5. The van der Waals surface area contributed by atoms with Crippen LogP contribution in [0.1, 0.15) is 29.9 Å². The van der Waals surface area contributed by atoms with E-state index in [-0.39, 0.29) is 24.3 Å². The highest BCUT2D eigenvalue weighted by Crippen LogP contribution is 2.30. The molecule has 0 saturated carbocycles. The maximum atomic E-state index is 13.1. The molecule has 23 heavy (non-hydrogen) atoms. The van der Waals surface area contributed by atoms with E-state index in [1.54, 1.807) is 12.1 Å². The minimum Gasteiger partial charge on any atom is -0.366 e. The van der Waals surface area contributed by atoms with Gasteiger partial charge in [0.25, 0.3) is 0 Å². The van der Waals surface area contributed by atoms with Gasteiger partial charge in [-0.2, -0.15) is 0 Å². The van der Waals surface area contributed by atoms with Crippen LogP contribution in [0.15, 0.2) is 36.5 Å². The molecule has 5 heteroatoms. The summed E-state index contributed by atoms with van der Waals surface area (Å²) in [6.45, 7) is 6.30. The average Bonchev–Trinajstić information content (AvgIpc) is 2.82. The molecular formula is C18H21ClFN3. The fraction of sp³-hybridized carbons (Fsp3) is 0.278. The molecule has 0 spiro atoms. The van der Waals surface area contributed by atoms with Crippen LogP contribution >= 0.6 is 12.4 Å². The number of H-pyrrole nitrogens is 1. The van der Waals surface area contributed by atoms with Crippen molar-refractivity contribution in [3.05, 3.63) is 59.3 Å². The molecule has 0 radical (unpaired) electrons. The molecule has 122 valence electrons. The maximum absolute atomic E-state index is 13.1. The van der Waals surface area contributed by atoms with E-state index in [2.05, 4.69) is 35.6 Å². The van der Waals surface area contributed by atoms with Gasteiger partial charge in [-0.25, -0.2) is 4.39 Å². The fourth-order valence-electron chi connectivity index (χ4n) is 2.81. The lowest BCUT2D eigenvalue weighted by molar-refractivity contribution is 0.627. The van der Waals surface area contributed by atoms with Crippen LogP contribution < -0.4 is 4.90 Å². The number of aromatic nitrogens is 2. The first kappa shape index (κ1) is 17.3. The van der Waals surface area contributed by atoms with E-state index >= 15 is 0 Å². The molecule has 0 aliphatic rings. The highest BCUT2D eigenvalue weighted by Gasteiger charge is 2.18. The molecular weight excluding hydrogens is 313 g/mol. The van der Waals surface area contributed by atoms with Crippen LogP contribution in [0.25, 0.3) is 10.9 Å². The third kappa shape index (κ3) is 3.04. The van der Waals surface area contributed by atoms with Crippen LogP contribution in [0.5, 0.6) is 0 Å². The van der Waals surface area contributed by atoms with Gasteiger partial charge in [-0.1, -0.05) is 0 Å². The van der Waals surface area contributed by atoms with Crippen LogP contribution in [0.3, 0.4) is 0 Å². The second-order valence-electron chi connectivity index (χ2n) is 5.76. The predicted octanol–water partition coefficient (Wildman–Crippen LogP) is 4.94. The number of aromatic amines is 1. The Kier molecular flexibility index (Phi) is 4.95. The van der Waals surface area contributed by atoms with E-state index in [0.717, 1.165) is 16.9 Å². The summed E-state index contributed by atoms with van der Waals surface area (Å²) < 4.78 is 13.1. The fourth-order valence-corrected chi connectivity index (χ4v) is 2.81. The first-order valence-corrected chi connectivity index (χ1v) is 7.41. The molecule has 1 aromatic carbocycles. The van der Waals surface area contributed by atoms with E-state index in [1.807, 2.05) is 19.3 Å². The Balaban J connectivity index is 0.00000192. The summed E-state index contributed by atoms with van der Waals surface area (Å²) in [5, 5.41) is 1.21. The average molecular weight is 334 g/mol. The van der Waals surface area contributed by atoms with Gasteiger partial charge in [-0.3, -0.25) is 4.98 Å². The number of anilines is 1. The summed E-state index contributed by atoms with van der Waals surface area (Å²) in [5.74, 6) is -0.222. The summed E-state index contributed by atoms with van der Waals surface area (Å²) in [6.07, 6.45) is 1.85. The van der Waals surface area contributed by atoms with Crippen molar-refractivity contribution < 1.29 is 4.39 Å². The van der Waals surface area contributed by atoms with Crippen LogP contribution in [0.2, 0.25) is 0 Å². The second kappa shape index (κ2) is 6.59. The van der Waals surface area contributed by atoms with Gasteiger partial charge in [0, 0.05) is 30.0 Å². The number of aryl methyl sites for hydroxylation is 2. The van der Waals surface area contributed by atoms with E-state index in [9.17, 15) is 4.39 Å². The molecule has 3 nitrogen and oxygen atoms in total. The molecule has 0 aliphatic carbocycles. The van der Waals surface area contributed by atoms with Gasteiger partial charge in [-0.05, 0) is 56.7 Å². The molecule has 1 unspecified atom stereocenters. The molecule has 0 saturated heterocycles. The lowest BCUT2D eigenvalue weighted by Gasteiger charge is -2.27. The van der Waals surface area contributed by atoms with Crippen molar-refractivity contribution in [2.45, 2.75) is 26.8 Å². The number of halogens is 2. The van der Waals surface area contributed by atoms with E-state index in [4.69, 9.17) is 0 Å². The van der Waals surface area contributed by atoms with Gasteiger partial charge in [0.15, 0.2) is 0 Å². The molecule has 0 amide bonds. The minimum absolute atomic E-state index is 0. The number of nitrogens with one attached hydrogen (secondary N) is 1. The Labute approximate surface area is 142 Å². The highest BCUT2D eigenvalue weighted by molar-refractivity contribution is 5.86. The molecule has 0 fully saturated rings. The Bertz CT molecular complexity index is 811. The zero-order valence-electron chi connectivity index (χ0n) is 13.7. The lowest BCUT2D eigenvalue weighted by atomic mass is 10.1. The molecule has 2 heterocycles. The number of hydrogen-bond acceptors (Lipinski definition) is 2. The summed E-state index contributed by atoms with van der Waals surface area (Å²) in [6, 6.07) is 8.66. The van der Waals surface area contributed by atoms with Gasteiger partial charge in [0.2, 0.25) is 0 Å². The molecule has 1 atom stereocenters. The third-order valence-electron chi connectivity index (χ3n) is 4.47. The summed E-state index contributed by atoms with van der Waals surface area (Å²) >= 11 is 0. The SMILES string of the molecule is Cc1[nH]c2c(C(C)N(C)c3ccc(F)cc3)nccc2c1C.Cl. The van der Waals surface area contributed by atoms with Gasteiger partial charge in [-0.15, -0.1) is 12.4 Å². The standard InChI is InChI=1S/C18H20FN3.ClH/c1-11-12(2)21-18-16(11)9-10-20-17(18)13(3)22(4)15-7-5-14(19)6-8-15;/h5-10,13,21H,1-4H3;1H. The number of fused-ring (bicyclic) bond motifs is 1. The smallest absolute Gasteiger partial charge is 0.123 e. The minimum atomic E-state index is -0.222. The van der Waals surface area contributed by atoms with Crippen molar-refractivity contribution in [1.82, 2.24) is 9.97 Å². The quantitative estimate of drug-likeness (QED) is 0.736. The first-order chi connectivity index (χ1) is 10.5. The maximum Gasteiger partial charge on any atom is 0.123 e. The van der Waals surface area contributed by atoms with Crippen LogP contribution in [0, 0.1) is 19.7 Å². The highest BCUT2D eigenvalue weighted by atomic mass is 35.5. The first-order valence-electron chi connectivity index (χ1n) is 7.41. The normalized spacial score (nSPS) is 12.0. The van der Waals surface area contributed by atoms with Crippen LogP contribution in [-0.2, 0) is 0 Å². The monoisotopic (exact) mass is 333 g/mol. The number of pyridine rings is 1. The van der Waals surface area contributed by atoms with Crippen LogP contribution in [-0.4, -0.2) is 17.0 Å². The Morgan fingerprint density at radius 2 is 1.78 bits per heavy atom. The zero-order chi connectivity index (χ0) is 15.9. The van der Waals surface area contributed by atoms with E-state index in [0.29, 0.717) is 0 Å². The topological polar surface area (TPSA) is 31.9 Å². The predicted molar refractivity (Wildman–Crippen MR) is 96.0 cm³/mol. The van der Waals surface area contributed by atoms with Crippen molar-refractivity contribution >= 4 is 29.0 Å². The Morgan fingerprint density at radius 1 is 1.13 bits per heavy atom. The lowest BCUT2D eigenvalue weighted by Crippen LogP contribution is -2.22. The summed E-state index contributed by atoms with van der Waals surface area (Å²) in [7, 11) is 2.00. The van der Waals surface area contributed by atoms with Crippen molar-refractivity contribution in [1.29, 1.82) is 0 Å². The molecule has 3 aromatic rings. The number of rotatable bonds is 3. The third-order valence-corrected chi connectivity index (χ3v) is 4.47. The van der Waals surface area contributed by atoms with Crippen molar-refractivity contribution in [2.24, 2.45) is 0 Å². The van der Waals surface area contributed by atoms with Crippen molar-refractivity contribution in [3.63, 3.8) is 0 Å². The number of hydrogen-bond donors (Lipinski definition) is 1. The number of benzene rings is 1. The van der Waals surface area contributed by atoms with Crippen LogP contribution in [0.4, 0.5) is 10.1 Å². The van der Waals surface area contributed by atoms with Gasteiger partial charge < -0.3 is 9.88 Å². The van der Waals surface area contributed by atoms with Gasteiger partial charge in [0.1, 0.15) is 5.82 Å². The second-order valence-corrected chi connectivity index (χ2v) is 5.76. The molecule has 2 aromatic heterocycles. The van der Waals surface area contributed by atoms with E-state index in [1.165, 1.54) is 28.8 Å². The van der Waals surface area contributed by atoms with E-state index < -0.39 is 0 Å². The molecule has 0 aliphatic heterocycles. The largest absolute Gasteiger partial charge is 0.366 e. The molecule has 3 rings (SSSR count). The van der Waals surface area contributed by atoms with Gasteiger partial charge >= 0.3 is 0 Å². The molecule has 1 N–H and O–H groups in total. The molecule has 0 bridgehead atoms. The Hall–Kier alpha value is -2.07.